The van der Waals surface area contributed by atoms with Crippen molar-refractivity contribution in [2.75, 3.05) is 52.4 Å². The molecule has 0 aromatic carbocycles. The lowest BCUT2D eigenvalue weighted by Gasteiger charge is -2.14. The van der Waals surface area contributed by atoms with Gasteiger partial charge >= 0.3 is 5.97 Å². The molecule has 0 bridgehead atoms. The Balaban J connectivity index is 0. The average Bonchev–Trinajstić information content (AvgIpc) is 3.59. The van der Waals surface area contributed by atoms with Crippen LogP contribution in [0.5, 0.6) is 0 Å². The Morgan fingerprint density at radius 1 is 0.577 bits per heavy atom. The van der Waals surface area contributed by atoms with Crippen molar-refractivity contribution >= 4 is 11.8 Å². The second kappa shape index (κ2) is 40.8. The smallest absolute Gasteiger partial charge is 0.382 e. The molecule has 0 fully saturated rings. The maximum Gasteiger partial charge on any atom is 0.382 e. The molecule has 52 heavy (non-hydrogen) atoms. The molecule has 0 aromatic heterocycles. The van der Waals surface area contributed by atoms with Gasteiger partial charge in [-0.25, -0.2) is 4.79 Å². The SMILES string of the molecule is CC#CC#CC#CC#CC#CC#CC#CC#CC(=O)O.CC#CC#CC#CC#CC#CC#CC#CC#CC1=NCCN1CCN.NCCNCCN. The minimum atomic E-state index is -1.24. The highest BCUT2D eigenvalue weighted by molar-refractivity contribution is 6.00. The van der Waals surface area contributed by atoms with Crippen LogP contribution in [0, 0.1) is 189 Å². The van der Waals surface area contributed by atoms with E-state index < -0.39 is 5.97 Å². The Hall–Kier alpha value is -8.26. The number of nitrogens with two attached hydrogens (primary N) is 3. The fraction of sp³-hybridized carbons (Fsp3) is 0.227. The molecule has 8 heteroatoms. The molecule has 0 spiro atoms. The Labute approximate surface area is 309 Å². The molecule has 248 valence electrons. The van der Waals surface area contributed by atoms with Gasteiger partial charge < -0.3 is 32.5 Å². The first-order valence-electron chi connectivity index (χ1n) is 14.8. The normalized spacial score (nSPS) is 7.40. The van der Waals surface area contributed by atoms with Crippen LogP contribution in [0.25, 0.3) is 0 Å². The van der Waals surface area contributed by atoms with Gasteiger partial charge in [-0.2, -0.15) is 0 Å². The molecule has 0 aromatic rings. The first kappa shape index (κ1) is 45.9. The number of rotatable bonds is 6. The van der Waals surface area contributed by atoms with Gasteiger partial charge in [0.25, 0.3) is 0 Å². The van der Waals surface area contributed by atoms with Gasteiger partial charge in [0.2, 0.25) is 0 Å². The quantitative estimate of drug-likeness (QED) is 0.167. The van der Waals surface area contributed by atoms with E-state index in [4.69, 9.17) is 22.3 Å². The van der Waals surface area contributed by atoms with Crippen LogP contribution in [0.15, 0.2) is 4.99 Å². The zero-order chi connectivity index (χ0) is 38.4. The van der Waals surface area contributed by atoms with Crippen LogP contribution in [-0.2, 0) is 4.79 Å². The molecule has 0 amide bonds. The van der Waals surface area contributed by atoms with E-state index in [0.717, 1.165) is 38.6 Å². The standard InChI is InChI=1S/C22H13N3.C18H4O2.C4H13N3/c1-2-3-4-5-6-7-8-9-10-11-12-13-14-15-16-17-22-24-19-21-25(22)20-18-23;1-2-3-4-5-6-7-8-9-10-11-12-13-14-15-16-17-18(19)20;5-1-3-7-4-2-6/h18-21,23H2,1H3;1H3,(H,19,20);7H,1-6H2. The monoisotopic (exact) mass is 674 g/mol. The van der Waals surface area contributed by atoms with Gasteiger partial charge in [-0.05, 0) is 186 Å². The summed E-state index contributed by atoms with van der Waals surface area (Å²) in [5, 5.41) is 11.2. The van der Waals surface area contributed by atoms with Crippen LogP contribution in [-0.4, -0.2) is 74.2 Å². The zero-order valence-electron chi connectivity index (χ0n) is 28.6. The van der Waals surface area contributed by atoms with Crippen molar-refractivity contribution < 1.29 is 9.90 Å². The molecular formula is C44H30N6O2. The van der Waals surface area contributed by atoms with E-state index in [1.807, 2.05) is 10.8 Å². The Kier molecular flexibility index (Phi) is 36.0. The lowest BCUT2D eigenvalue weighted by molar-refractivity contribution is -0.130. The van der Waals surface area contributed by atoms with Gasteiger partial charge in [0.05, 0.1) is 6.54 Å². The summed E-state index contributed by atoms with van der Waals surface area (Å²) in [5.41, 5.74) is 15.9. The molecule has 0 radical (unpaired) electrons. The van der Waals surface area contributed by atoms with E-state index in [1.54, 1.807) is 13.8 Å². The second-order valence-electron chi connectivity index (χ2n) is 7.86. The van der Waals surface area contributed by atoms with Gasteiger partial charge in [-0.1, -0.05) is 11.8 Å². The second-order valence-corrected chi connectivity index (χ2v) is 7.86. The summed E-state index contributed by atoms with van der Waals surface area (Å²) in [4.78, 5) is 16.3. The van der Waals surface area contributed by atoms with Gasteiger partial charge in [0, 0.05) is 51.7 Å². The molecule has 8 nitrogen and oxygen atoms in total. The molecule has 0 aliphatic carbocycles. The minimum Gasteiger partial charge on any atom is -0.472 e. The van der Waals surface area contributed by atoms with Crippen molar-refractivity contribution in [2.24, 2.45) is 22.2 Å². The Morgan fingerprint density at radius 3 is 1.25 bits per heavy atom. The van der Waals surface area contributed by atoms with E-state index in [-0.39, 0.29) is 0 Å². The first-order chi connectivity index (χ1) is 25.6. The van der Waals surface area contributed by atoms with Gasteiger partial charge in [-0.3, -0.25) is 4.99 Å². The highest BCUT2D eigenvalue weighted by Crippen LogP contribution is 1.98. The Bertz CT molecular complexity index is 2320. The molecule has 1 aliphatic heterocycles. The lowest BCUT2D eigenvalue weighted by Crippen LogP contribution is -2.31. The fourth-order valence-corrected chi connectivity index (χ4v) is 2.35. The predicted octanol–water partition coefficient (Wildman–Crippen LogP) is -1.68. The van der Waals surface area contributed by atoms with Crippen molar-refractivity contribution in [1.82, 2.24) is 10.2 Å². The number of hydrogen-bond acceptors (Lipinski definition) is 7. The molecule has 0 atom stereocenters. The van der Waals surface area contributed by atoms with Gasteiger partial charge in [-0.15, -0.1) is 0 Å². The summed E-state index contributed by atoms with van der Waals surface area (Å²) in [5.74, 6) is 79.0. The van der Waals surface area contributed by atoms with Crippen LogP contribution in [0.4, 0.5) is 0 Å². The molecule has 8 N–H and O–H groups in total. The third-order valence-electron chi connectivity index (χ3n) is 4.19. The minimum absolute atomic E-state index is 0.575. The number of carboxylic acid groups (broad SMARTS) is 1. The maximum atomic E-state index is 9.99. The largest absolute Gasteiger partial charge is 0.472 e. The number of aliphatic carboxylic acids is 1. The van der Waals surface area contributed by atoms with Crippen molar-refractivity contribution in [3.63, 3.8) is 0 Å². The number of aliphatic imine (C=N–C) groups is 1. The van der Waals surface area contributed by atoms with E-state index >= 15 is 0 Å². The highest BCUT2D eigenvalue weighted by atomic mass is 16.4. The summed E-state index contributed by atoms with van der Waals surface area (Å²) in [7, 11) is 0. The third kappa shape index (κ3) is 37.9. The number of nitrogens with one attached hydrogen (secondary N) is 1. The third-order valence-corrected chi connectivity index (χ3v) is 4.19. The van der Waals surface area contributed by atoms with Crippen molar-refractivity contribution in [3.8, 4) is 189 Å². The molecule has 1 aliphatic rings. The summed E-state index contributed by atoms with van der Waals surface area (Å²) < 4.78 is 0. The van der Waals surface area contributed by atoms with Gasteiger partial charge in [0.15, 0.2) is 5.84 Å². The molecule has 0 unspecified atom stereocenters. The topological polar surface area (TPSA) is 143 Å². The lowest BCUT2D eigenvalue weighted by atomic mass is 10.4. The van der Waals surface area contributed by atoms with E-state index in [0.29, 0.717) is 19.6 Å². The highest BCUT2D eigenvalue weighted by Gasteiger charge is 2.12. The zero-order valence-corrected chi connectivity index (χ0v) is 28.6. The maximum absolute atomic E-state index is 9.99. The van der Waals surface area contributed by atoms with Gasteiger partial charge in [0.1, 0.15) is 0 Å². The number of hydrogen-bond donors (Lipinski definition) is 5. The molecule has 0 saturated carbocycles. The Morgan fingerprint density at radius 2 is 0.923 bits per heavy atom. The van der Waals surface area contributed by atoms with Crippen LogP contribution in [0.2, 0.25) is 0 Å². The van der Waals surface area contributed by atoms with E-state index in [2.05, 4.69) is 194 Å². The summed E-state index contributed by atoms with van der Waals surface area (Å²) in [6, 6.07) is 0. The number of amidine groups is 1. The molecule has 1 rings (SSSR count). The van der Waals surface area contributed by atoms with Crippen LogP contribution in [0.3, 0.4) is 0 Å². The summed E-state index contributed by atoms with van der Waals surface area (Å²) in [6.07, 6.45) is 0. The van der Waals surface area contributed by atoms with Crippen molar-refractivity contribution in [3.05, 3.63) is 0 Å². The molecular weight excluding hydrogens is 645 g/mol. The number of carbonyl (C=O) groups is 1. The van der Waals surface area contributed by atoms with Crippen molar-refractivity contribution in [1.29, 1.82) is 0 Å². The molecule has 1 heterocycles. The summed E-state index contributed by atoms with van der Waals surface area (Å²) in [6.45, 7) is 9.45. The average molecular weight is 675 g/mol. The van der Waals surface area contributed by atoms with E-state index in [1.165, 1.54) is 0 Å². The summed E-state index contributed by atoms with van der Waals surface area (Å²) >= 11 is 0. The van der Waals surface area contributed by atoms with Crippen LogP contribution in [0.1, 0.15) is 13.8 Å². The predicted molar refractivity (Wildman–Crippen MR) is 207 cm³/mol. The van der Waals surface area contributed by atoms with Crippen LogP contribution >= 0.6 is 0 Å². The van der Waals surface area contributed by atoms with Crippen LogP contribution < -0.4 is 22.5 Å². The van der Waals surface area contributed by atoms with E-state index in [9.17, 15) is 4.79 Å². The number of nitrogens with zero attached hydrogens (tertiary/aromatic N) is 2. The first-order valence-corrected chi connectivity index (χ1v) is 14.8. The molecule has 0 saturated heterocycles. The number of carboxylic acids is 1. The fourth-order valence-electron chi connectivity index (χ4n) is 2.35. The van der Waals surface area contributed by atoms with Crippen molar-refractivity contribution in [2.45, 2.75) is 13.8 Å².